The molecule has 0 unspecified atom stereocenters. The molecule has 0 fully saturated rings. The van der Waals surface area contributed by atoms with Gasteiger partial charge in [0.1, 0.15) is 0 Å². The van der Waals surface area contributed by atoms with Gasteiger partial charge < -0.3 is 5.11 Å². The van der Waals surface area contributed by atoms with Crippen LogP contribution in [0.15, 0.2) is 0 Å². The van der Waals surface area contributed by atoms with E-state index in [9.17, 15) is 13.2 Å². The van der Waals surface area contributed by atoms with E-state index in [1.54, 1.807) is 6.07 Å². The molecule has 0 heterocycles. The zero-order valence-corrected chi connectivity index (χ0v) is 7.67. The summed E-state index contributed by atoms with van der Waals surface area (Å²) in [7, 11) is -3.48. The van der Waals surface area contributed by atoms with E-state index in [0.29, 0.717) is 0 Å². The van der Waals surface area contributed by atoms with Crippen molar-refractivity contribution in [3.05, 3.63) is 0 Å². The molecule has 0 spiro atoms. The van der Waals surface area contributed by atoms with Crippen LogP contribution < -0.4 is 4.72 Å². The highest BCUT2D eigenvalue weighted by Gasteiger charge is 2.09. The normalized spacial score (nSPS) is 10.7. The number of hydrogen-bond acceptors (Lipinski definition) is 4. The number of aliphatic carboxylic acids is 1. The lowest BCUT2D eigenvalue weighted by atomic mass is 10.3. The Morgan fingerprint density at radius 3 is 2.62 bits per heavy atom. The van der Waals surface area contributed by atoms with Crippen molar-refractivity contribution >= 4 is 16.0 Å². The summed E-state index contributed by atoms with van der Waals surface area (Å²) in [4.78, 5) is 10.0. The Bertz CT molecular complexity index is 303. The number of carbonyl (C=O) groups is 1. The van der Waals surface area contributed by atoms with Gasteiger partial charge in [-0.1, -0.05) is 0 Å². The van der Waals surface area contributed by atoms with Crippen molar-refractivity contribution in [1.82, 2.24) is 4.72 Å². The van der Waals surface area contributed by atoms with E-state index in [-0.39, 0.29) is 25.1 Å². The number of nitriles is 1. The van der Waals surface area contributed by atoms with Gasteiger partial charge in [-0.05, 0) is 6.42 Å². The second-order valence-electron chi connectivity index (χ2n) is 2.30. The predicted molar refractivity (Wildman–Crippen MR) is 44.3 cm³/mol. The molecule has 0 amide bonds. The van der Waals surface area contributed by atoms with Crippen LogP contribution in [0.5, 0.6) is 0 Å². The standard InChI is InChI=1S/C6H10N2O4S/c7-3-4-8-13(11,12)5-1-2-6(9)10/h8H,1-2,4-5H2,(H,9,10). The Balaban J connectivity index is 3.78. The van der Waals surface area contributed by atoms with Crippen molar-refractivity contribution in [3.63, 3.8) is 0 Å². The molecule has 0 aromatic rings. The van der Waals surface area contributed by atoms with Gasteiger partial charge in [-0.3, -0.25) is 4.79 Å². The quantitative estimate of drug-likeness (QED) is 0.558. The first kappa shape index (κ1) is 11.9. The molecular formula is C6H10N2O4S. The van der Waals surface area contributed by atoms with Crippen molar-refractivity contribution in [2.24, 2.45) is 0 Å². The summed E-state index contributed by atoms with van der Waals surface area (Å²) < 4.78 is 23.8. The highest BCUT2D eigenvalue weighted by molar-refractivity contribution is 7.89. The number of nitrogens with zero attached hydrogens (tertiary/aromatic N) is 1. The predicted octanol–water partition coefficient (Wildman–Crippen LogP) is -0.706. The molecule has 7 heteroatoms. The fourth-order valence-corrected chi connectivity index (χ4v) is 1.58. The van der Waals surface area contributed by atoms with E-state index in [1.807, 2.05) is 4.72 Å². The van der Waals surface area contributed by atoms with E-state index < -0.39 is 16.0 Å². The minimum atomic E-state index is -3.48. The number of carboxylic acid groups (broad SMARTS) is 1. The van der Waals surface area contributed by atoms with Gasteiger partial charge >= 0.3 is 5.97 Å². The summed E-state index contributed by atoms with van der Waals surface area (Å²) in [6.07, 6.45) is -0.135. The van der Waals surface area contributed by atoms with Crippen LogP contribution in [0.1, 0.15) is 12.8 Å². The first-order valence-corrected chi connectivity index (χ1v) is 5.19. The topological polar surface area (TPSA) is 107 Å². The van der Waals surface area contributed by atoms with Gasteiger partial charge in [0.25, 0.3) is 0 Å². The molecule has 0 saturated carbocycles. The van der Waals surface area contributed by atoms with Crippen LogP contribution in [-0.2, 0) is 14.8 Å². The van der Waals surface area contributed by atoms with Crippen LogP contribution in [0.3, 0.4) is 0 Å². The molecule has 0 aromatic heterocycles. The largest absolute Gasteiger partial charge is 0.481 e. The minimum absolute atomic E-state index is 0.0517. The summed E-state index contributed by atoms with van der Waals surface area (Å²) in [6, 6.07) is 1.62. The summed E-state index contributed by atoms with van der Waals surface area (Å²) in [5, 5.41) is 16.3. The molecule has 2 N–H and O–H groups in total. The van der Waals surface area contributed by atoms with Crippen molar-refractivity contribution in [3.8, 4) is 6.07 Å². The van der Waals surface area contributed by atoms with Crippen molar-refractivity contribution in [2.75, 3.05) is 12.3 Å². The summed E-state index contributed by atoms with van der Waals surface area (Å²) in [6.45, 7) is -0.282. The lowest BCUT2D eigenvalue weighted by Crippen LogP contribution is -2.26. The highest BCUT2D eigenvalue weighted by Crippen LogP contribution is 1.93. The summed E-state index contributed by atoms with van der Waals surface area (Å²) in [5.74, 6) is -1.29. The van der Waals surface area contributed by atoms with Crippen molar-refractivity contribution < 1.29 is 18.3 Å². The molecule has 6 nitrogen and oxygen atoms in total. The smallest absolute Gasteiger partial charge is 0.303 e. The molecule has 0 aliphatic carbocycles. The van der Waals surface area contributed by atoms with E-state index in [4.69, 9.17) is 10.4 Å². The van der Waals surface area contributed by atoms with Crippen molar-refractivity contribution in [2.45, 2.75) is 12.8 Å². The maximum Gasteiger partial charge on any atom is 0.303 e. The fraction of sp³-hybridized carbons (Fsp3) is 0.667. The Hall–Kier alpha value is -1.13. The average molecular weight is 206 g/mol. The average Bonchev–Trinajstić information content (AvgIpc) is 2.00. The van der Waals surface area contributed by atoms with Gasteiger partial charge in [0.05, 0.1) is 18.4 Å². The molecule has 13 heavy (non-hydrogen) atoms. The molecule has 0 saturated heterocycles. The number of sulfonamides is 1. The zero-order valence-electron chi connectivity index (χ0n) is 6.86. The van der Waals surface area contributed by atoms with Crippen LogP contribution >= 0.6 is 0 Å². The van der Waals surface area contributed by atoms with E-state index >= 15 is 0 Å². The molecule has 0 aromatic carbocycles. The van der Waals surface area contributed by atoms with Gasteiger partial charge in [0, 0.05) is 6.42 Å². The molecule has 0 bridgehead atoms. The molecule has 0 aliphatic heterocycles. The Labute approximate surface area is 76.2 Å². The van der Waals surface area contributed by atoms with E-state index in [1.165, 1.54) is 0 Å². The SMILES string of the molecule is N#CCNS(=O)(=O)CCCC(=O)O. The minimum Gasteiger partial charge on any atom is -0.481 e. The van der Waals surface area contributed by atoms with Crippen LogP contribution in [0, 0.1) is 11.3 Å². The van der Waals surface area contributed by atoms with Crippen LogP contribution in [0.25, 0.3) is 0 Å². The van der Waals surface area contributed by atoms with Crippen LogP contribution in [0.4, 0.5) is 0 Å². The highest BCUT2D eigenvalue weighted by atomic mass is 32.2. The molecule has 0 rings (SSSR count). The monoisotopic (exact) mass is 206 g/mol. The van der Waals surface area contributed by atoms with Gasteiger partial charge in [0.2, 0.25) is 10.0 Å². The first-order chi connectivity index (χ1) is 5.98. The molecule has 0 atom stereocenters. The zero-order chi connectivity index (χ0) is 10.3. The second-order valence-corrected chi connectivity index (χ2v) is 4.22. The van der Waals surface area contributed by atoms with Gasteiger partial charge in [-0.25, -0.2) is 13.1 Å². The van der Waals surface area contributed by atoms with Crippen LogP contribution in [-0.4, -0.2) is 31.8 Å². The third-order valence-electron chi connectivity index (χ3n) is 1.17. The molecule has 74 valence electrons. The second kappa shape index (κ2) is 5.50. The lowest BCUT2D eigenvalue weighted by Gasteiger charge is -2.00. The third kappa shape index (κ3) is 7.24. The van der Waals surface area contributed by atoms with E-state index in [2.05, 4.69) is 0 Å². The first-order valence-electron chi connectivity index (χ1n) is 3.54. The maximum atomic E-state index is 10.9. The van der Waals surface area contributed by atoms with Gasteiger partial charge in [-0.2, -0.15) is 5.26 Å². The summed E-state index contributed by atoms with van der Waals surface area (Å²) >= 11 is 0. The van der Waals surface area contributed by atoms with Crippen LogP contribution in [0.2, 0.25) is 0 Å². The Morgan fingerprint density at radius 2 is 2.15 bits per heavy atom. The number of hydrogen-bond donors (Lipinski definition) is 2. The fourth-order valence-electron chi connectivity index (χ4n) is 0.628. The van der Waals surface area contributed by atoms with Crippen molar-refractivity contribution in [1.29, 1.82) is 5.26 Å². The molecule has 0 radical (unpaired) electrons. The summed E-state index contributed by atoms with van der Waals surface area (Å²) in [5.41, 5.74) is 0. The third-order valence-corrected chi connectivity index (χ3v) is 2.59. The van der Waals surface area contributed by atoms with Gasteiger partial charge in [0.15, 0.2) is 0 Å². The maximum absolute atomic E-state index is 10.9. The Morgan fingerprint density at radius 1 is 1.54 bits per heavy atom. The number of rotatable bonds is 6. The molecular weight excluding hydrogens is 196 g/mol. The van der Waals surface area contributed by atoms with Gasteiger partial charge in [-0.15, -0.1) is 0 Å². The molecule has 0 aliphatic rings. The lowest BCUT2D eigenvalue weighted by molar-refractivity contribution is -0.137. The number of nitrogens with one attached hydrogen (secondary N) is 1. The number of carboxylic acids is 1. The van der Waals surface area contributed by atoms with E-state index in [0.717, 1.165) is 0 Å². The Kier molecular flexibility index (Phi) is 5.03.